The number of azide groups is 1. The van der Waals surface area contributed by atoms with Gasteiger partial charge in [-0.15, -0.1) is 0 Å². The number of nitrogens with zero attached hydrogens (tertiary/aromatic N) is 3. The van der Waals surface area contributed by atoms with Crippen molar-refractivity contribution in [2.24, 2.45) is 5.11 Å². The third-order valence-corrected chi connectivity index (χ3v) is 2.12. The molecule has 0 aromatic heterocycles. The average molecular weight is 197 g/mol. The Morgan fingerprint density at radius 3 is 2.79 bits per heavy atom. The Hall–Kier alpha value is -1.75. The van der Waals surface area contributed by atoms with E-state index in [1.54, 1.807) is 6.92 Å². The summed E-state index contributed by atoms with van der Waals surface area (Å²) in [5.74, 6) is -0.330. The zero-order chi connectivity index (χ0) is 10.6. The molecule has 0 aliphatic carbocycles. The number of rotatable bonds is 4. The van der Waals surface area contributed by atoms with Gasteiger partial charge in [-0.25, -0.2) is 4.79 Å². The lowest BCUT2D eigenvalue weighted by Gasteiger charge is -2.19. The number of imide groups is 1. The van der Waals surface area contributed by atoms with E-state index in [-0.39, 0.29) is 5.91 Å². The lowest BCUT2D eigenvalue weighted by atomic mass is 9.96. The molecule has 0 aromatic carbocycles. The number of hydrogen-bond donors (Lipinski definition) is 2. The Kier molecular flexibility index (Phi) is 2.93. The zero-order valence-electron chi connectivity index (χ0n) is 7.78. The van der Waals surface area contributed by atoms with E-state index in [1.807, 2.05) is 0 Å². The fourth-order valence-corrected chi connectivity index (χ4v) is 1.30. The van der Waals surface area contributed by atoms with E-state index in [9.17, 15) is 9.59 Å². The van der Waals surface area contributed by atoms with Crippen molar-refractivity contribution in [2.75, 3.05) is 6.54 Å². The number of carbonyl (C=O) groups is 2. The molecule has 1 rings (SSSR count). The summed E-state index contributed by atoms with van der Waals surface area (Å²) < 4.78 is 0. The van der Waals surface area contributed by atoms with Crippen LogP contribution in [0.25, 0.3) is 10.4 Å². The van der Waals surface area contributed by atoms with E-state index in [1.165, 1.54) is 0 Å². The second-order valence-electron chi connectivity index (χ2n) is 3.30. The monoisotopic (exact) mass is 197 g/mol. The maximum absolute atomic E-state index is 11.3. The quantitative estimate of drug-likeness (QED) is 0.227. The van der Waals surface area contributed by atoms with Crippen LogP contribution in [0, 0.1) is 0 Å². The number of urea groups is 1. The van der Waals surface area contributed by atoms with Gasteiger partial charge in [-0.05, 0) is 25.3 Å². The van der Waals surface area contributed by atoms with Crippen molar-refractivity contribution in [3.63, 3.8) is 0 Å². The smallest absolute Gasteiger partial charge is 0.322 e. The molecule has 2 N–H and O–H groups in total. The maximum Gasteiger partial charge on any atom is 0.322 e. The molecule has 14 heavy (non-hydrogen) atoms. The van der Waals surface area contributed by atoms with Crippen LogP contribution in [-0.2, 0) is 4.79 Å². The number of amides is 3. The first-order valence-electron chi connectivity index (χ1n) is 4.23. The lowest BCUT2D eigenvalue weighted by Crippen LogP contribution is -2.43. The molecule has 1 heterocycles. The lowest BCUT2D eigenvalue weighted by molar-refractivity contribution is -0.123. The van der Waals surface area contributed by atoms with Gasteiger partial charge < -0.3 is 5.32 Å². The Morgan fingerprint density at radius 2 is 2.29 bits per heavy atom. The van der Waals surface area contributed by atoms with Crippen LogP contribution in [-0.4, -0.2) is 24.0 Å². The van der Waals surface area contributed by atoms with Crippen LogP contribution in [0.2, 0.25) is 0 Å². The molecule has 1 atom stereocenters. The fraction of sp³-hybridized carbons (Fsp3) is 0.714. The summed E-state index contributed by atoms with van der Waals surface area (Å²) in [5.41, 5.74) is 7.17. The second-order valence-corrected chi connectivity index (χ2v) is 3.30. The van der Waals surface area contributed by atoms with Crippen LogP contribution in [0.3, 0.4) is 0 Å². The van der Waals surface area contributed by atoms with Gasteiger partial charge in [0.25, 0.3) is 5.91 Å². The molecule has 76 valence electrons. The number of hydrogen-bond acceptors (Lipinski definition) is 3. The van der Waals surface area contributed by atoms with Crippen molar-refractivity contribution >= 4 is 11.9 Å². The number of carbonyl (C=O) groups excluding carboxylic acids is 2. The molecule has 1 unspecified atom stereocenters. The Bertz CT molecular complexity index is 309. The van der Waals surface area contributed by atoms with Crippen molar-refractivity contribution < 1.29 is 9.59 Å². The molecule has 1 fully saturated rings. The summed E-state index contributed by atoms with van der Waals surface area (Å²) in [5, 5.41) is 8.02. The highest BCUT2D eigenvalue weighted by atomic mass is 16.2. The molecular formula is C7H11N5O2. The maximum atomic E-state index is 11.3. The molecule has 1 aliphatic heterocycles. The molecule has 0 spiro atoms. The molecule has 0 bridgehead atoms. The minimum absolute atomic E-state index is 0.329. The molecule has 3 amide bonds. The van der Waals surface area contributed by atoms with E-state index in [2.05, 4.69) is 20.7 Å². The van der Waals surface area contributed by atoms with Crippen LogP contribution < -0.4 is 10.6 Å². The van der Waals surface area contributed by atoms with Gasteiger partial charge >= 0.3 is 6.03 Å². The van der Waals surface area contributed by atoms with Crippen molar-refractivity contribution in [3.8, 4) is 0 Å². The molecule has 7 nitrogen and oxygen atoms in total. The van der Waals surface area contributed by atoms with Crippen LogP contribution in [0.15, 0.2) is 5.11 Å². The van der Waals surface area contributed by atoms with Crippen LogP contribution in [0.1, 0.15) is 19.8 Å². The fourth-order valence-electron chi connectivity index (χ4n) is 1.30. The van der Waals surface area contributed by atoms with E-state index >= 15 is 0 Å². The van der Waals surface area contributed by atoms with Gasteiger partial charge in [0.2, 0.25) is 0 Å². The summed E-state index contributed by atoms with van der Waals surface area (Å²) in [6, 6.07) is -0.471. The predicted octanol–water partition coefficient (Wildman–Crippen LogP) is 0.675. The molecule has 0 radical (unpaired) electrons. The van der Waals surface area contributed by atoms with Gasteiger partial charge in [0.05, 0.1) is 0 Å². The summed E-state index contributed by atoms with van der Waals surface area (Å²) in [6.45, 7) is 1.97. The zero-order valence-corrected chi connectivity index (χ0v) is 7.78. The van der Waals surface area contributed by atoms with E-state index in [4.69, 9.17) is 5.53 Å². The highest BCUT2D eigenvalue weighted by Gasteiger charge is 2.40. The van der Waals surface area contributed by atoms with Crippen molar-refractivity contribution in [3.05, 3.63) is 10.4 Å². The van der Waals surface area contributed by atoms with Crippen LogP contribution >= 0.6 is 0 Å². The SMILES string of the molecule is CC1(CCCN=[N+]=[N-])NC(=O)NC1=O. The normalized spacial score (nSPS) is 25.2. The molecule has 0 aromatic rings. The first-order chi connectivity index (χ1) is 6.58. The third-order valence-electron chi connectivity index (χ3n) is 2.12. The molecule has 1 aliphatic rings. The second kappa shape index (κ2) is 3.97. The standard InChI is InChI=1S/C7H11N5O2/c1-7(3-2-4-9-12-8)5(13)10-6(14)11-7/h2-4H2,1H3,(H2,10,11,13,14). The van der Waals surface area contributed by atoms with Crippen molar-refractivity contribution in [1.29, 1.82) is 0 Å². The molecular weight excluding hydrogens is 186 g/mol. The summed E-state index contributed by atoms with van der Waals surface area (Å²) in [7, 11) is 0. The van der Waals surface area contributed by atoms with Crippen LogP contribution in [0.4, 0.5) is 4.79 Å². The molecule has 7 heteroatoms. The van der Waals surface area contributed by atoms with Gasteiger partial charge in [-0.2, -0.15) is 0 Å². The highest BCUT2D eigenvalue weighted by molar-refractivity contribution is 6.06. The Balaban J connectivity index is 2.46. The topological polar surface area (TPSA) is 107 Å². The van der Waals surface area contributed by atoms with Gasteiger partial charge in [-0.1, -0.05) is 5.11 Å². The Morgan fingerprint density at radius 1 is 1.57 bits per heavy atom. The van der Waals surface area contributed by atoms with Gasteiger partial charge in [0.1, 0.15) is 5.54 Å². The van der Waals surface area contributed by atoms with Crippen molar-refractivity contribution in [1.82, 2.24) is 10.6 Å². The summed E-state index contributed by atoms with van der Waals surface area (Å²) in [6.07, 6.45) is 1.03. The van der Waals surface area contributed by atoms with Gasteiger partial charge in [-0.3, -0.25) is 10.1 Å². The van der Waals surface area contributed by atoms with E-state index in [0.29, 0.717) is 19.4 Å². The van der Waals surface area contributed by atoms with E-state index in [0.717, 1.165) is 0 Å². The summed E-state index contributed by atoms with van der Waals surface area (Å²) >= 11 is 0. The highest BCUT2D eigenvalue weighted by Crippen LogP contribution is 2.16. The Labute approximate surface area is 80.5 Å². The number of nitrogens with one attached hydrogen (secondary N) is 2. The van der Waals surface area contributed by atoms with Gasteiger partial charge in [0.15, 0.2) is 0 Å². The van der Waals surface area contributed by atoms with Gasteiger partial charge in [0, 0.05) is 11.5 Å². The first kappa shape index (κ1) is 10.3. The predicted molar refractivity (Wildman–Crippen MR) is 48.3 cm³/mol. The molecule has 0 saturated carbocycles. The minimum Gasteiger partial charge on any atom is -0.324 e. The molecule has 1 saturated heterocycles. The third kappa shape index (κ3) is 2.14. The average Bonchev–Trinajstić information content (AvgIpc) is 2.36. The minimum atomic E-state index is -0.859. The van der Waals surface area contributed by atoms with Crippen LogP contribution in [0.5, 0.6) is 0 Å². The largest absolute Gasteiger partial charge is 0.324 e. The summed E-state index contributed by atoms with van der Waals surface area (Å²) in [4.78, 5) is 24.7. The van der Waals surface area contributed by atoms with Crippen molar-refractivity contribution in [2.45, 2.75) is 25.3 Å². The van der Waals surface area contributed by atoms with E-state index < -0.39 is 11.6 Å². The first-order valence-corrected chi connectivity index (χ1v) is 4.23.